The summed E-state index contributed by atoms with van der Waals surface area (Å²) in [5.41, 5.74) is -0.966. The molecular weight excluding hydrogens is 495 g/mol. The summed E-state index contributed by atoms with van der Waals surface area (Å²) in [6, 6.07) is 5.05. The van der Waals surface area contributed by atoms with E-state index >= 15 is 0 Å². The molecule has 0 spiro atoms. The van der Waals surface area contributed by atoms with E-state index in [-0.39, 0.29) is 34.9 Å². The van der Waals surface area contributed by atoms with Crippen molar-refractivity contribution in [2.24, 2.45) is 17.3 Å². The second kappa shape index (κ2) is 9.46. The van der Waals surface area contributed by atoms with Gasteiger partial charge in [0.15, 0.2) is 5.75 Å². The smallest absolute Gasteiger partial charge is 0.456 e. The maximum Gasteiger partial charge on any atom is 0.514 e. The van der Waals surface area contributed by atoms with E-state index in [0.717, 1.165) is 12.8 Å². The van der Waals surface area contributed by atoms with Crippen LogP contribution in [0.15, 0.2) is 18.2 Å². The summed E-state index contributed by atoms with van der Waals surface area (Å²) >= 11 is 6.90. The Hall–Kier alpha value is -1.77. The fraction of sp³-hybridized carbons (Fsp3) is 0.714. The zero-order valence-corrected chi connectivity index (χ0v) is 24.2. The number of benzene rings is 1. The Kier molecular flexibility index (Phi) is 7.22. The minimum atomic E-state index is -0.912. The molecule has 7 nitrogen and oxygen atoms in total. The van der Waals surface area contributed by atoms with Crippen LogP contribution in [0.5, 0.6) is 5.75 Å². The van der Waals surface area contributed by atoms with Gasteiger partial charge in [-0.3, -0.25) is 0 Å². The van der Waals surface area contributed by atoms with E-state index < -0.39 is 35.7 Å². The van der Waals surface area contributed by atoms with Gasteiger partial charge in [-0.25, -0.2) is 9.59 Å². The molecule has 3 aliphatic carbocycles. The second-order valence-electron chi connectivity index (χ2n) is 13.4. The Morgan fingerprint density at radius 3 is 2.32 bits per heavy atom. The number of rotatable bonds is 5. The lowest BCUT2D eigenvalue weighted by atomic mass is 9.43. The van der Waals surface area contributed by atoms with Gasteiger partial charge in [0.2, 0.25) is 0 Å². The van der Waals surface area contributed by atoms with Crippen LogP contribution in [0.3, 0.4) is 0 Å². The predicted octanol–water partition coefficient (Wildman–Crippen LogP) is 6.37. The largest absolute Gasteiger partial charge is 0.514 e. The molecule has 1 aromatic rings. The maximum atomic E-state index is 13.0. The van der Waals surface area contributed by atoms with Crippen molar-refractivity contribution < 1.29 is 33.1 Å². The molecule has 5 rings (SSSR count). The highest BCUT2D eigenvalue weighted by molar-refractivity contribution is 6.60. The number of para-hydroxylation sites is 1. The lowest BCUT2D eigenvalue weighted by Crippen LogP contribution is -2.65. The summed E-state index contributed by atoms with van der Waals surface area (Å²) in [4.78, 5) is 25.6. The van der Waals surface area contributed by atoms with Crippen LogP contribution in [0.25, 0.3) is 0 Å². The zero-order chi connectivity index (χ0) is 27.6. The Labute approximate surface area is 226 Å². The molecule has 4 fully saturated rings. The molecule has 1 heterocycles. The lowest BCUT2D eigenvalue weighted by Gasteiger charge is -2.64. The topological polar surface area (TPSA) is 80.3 Å². The summed E-state index contributed by atoms with van der Waals surface area (Å²) < 4.78 is 29.4. The molecule has 0 radical (unpaired) electrons. The van der Waals surface area contributed by atoms with Gasteiger partial charge in [0.25, 0.3) is 0 Å². The molecule has 5 atom stereocenters. The van der Waals surface area contributed by atoms with Crippen molar-refractivity contribution in [3.05, 3.63) is 29.3 Å². The van der Waals surface area contributed by atoms with E-state index in [1.165, 1.54) is 0 Å². The van der Waals surface area contributed by atoms with Crippen LogP contribution in [-0.2, 0) is 25.2 Å². The van der Waals surface area contributed by atoms with E-state index in [4.69, 9.17) is 35.1 Å². The van der Waals surface area contributed by atoms with Gasteiger partial charge in [-0.1, -0.05) is 26.0 Å². The van der Waals surface area contributed by atoms with Crippen LogP contribution in [0.2, 0.25) is 0 Å². The third-order valence-corrected chi connectivity index (χ3v) is 8.33. The highest BCUT2D eigenvalue weighted by atomic mass is 35.5. The summed E-state index contributed by atoms with van der Waals surface area (Å²) in [5, 5.41) is -0.572. The van der Waals surface area contributed by atoms with Crippen LogP contribution in [-0.4, -0.2) is 47.4 Å². The van der Waals surface area contributed by atoms with Gasteiger partial charge in [0.05, 0.1) is 17.0 Å². The number of esters is 1. The monoisotopic (exact) mass is 534 g/mol. The average Bonchev–Trinajstić information content (AvgIpc) is 3.09. The average molecular weight is 535 g/mol. The normalized spacial score (nSPS) is 29.1. The molecule has 2 bridgehead atoms. The molecule has 0 aromatic heterocycles. The van der Waals surface area contributed by atoms with Gasteiger partial charge in [0.1, 0.15) is 16.8 Å². The first-order chi connectivity index (χ1) is 16.9. The number of hydrogen-bond donors (Lipinski definition) is 0. The van der Waals surface area contributed by atoms with E-state index in [9.17, 15) is 9.59 Å². The predicted molar refractivity (Wildman–Crippen MR) is 142 cm³/mol. The van der Waals surface area contributed by atoms with Crippen LogP contribution in [0.1, 0.15) is 91.1 Å². The maximum absolute atomic E-state index is 13.0. The Morgan fingerprint density at radius 2 is 1.73 bits per heavy atom. The Bertz CT molecular complexity index is 1060. The van der Waals surface area contributed by atoms with Crippen LogP contribution < -0.4 is 4.74 Å². The summed E-state index contributed by atoms with van der Waals surface area (Å²) in [7, 11) is -0.619. The molecular formula is C28H40BClO7. The van der Waals surface area contributed by atoms with Crippen molar-refractivity contribution in [1.29, 1.82) is 0 Å². The first kappa shape index (κ1) is 28.2. The Balaban J connectivity index is 1.57. The summed E-state index contributed by atoms with van der Waals surface area (Å²) in [6.45, 7) is 17.3. The fourth-order valence-corrected chi connectivity index (χ4v) is 6.35. The van der Waals surface area contributed by atoms with Gasteiger partial charge in [0, 0.05) is 0 Å². The van der Waals surface area contributed by atoms with Gasteiger partial charge >= 0.3 is 19.2 Å². The standard InChI is InChI=1S/C28H40BClO7/c1-25(2,3)34-23(31)18-12-10-11-16(22(18)33-24(32)35-26(4,5)6)13-21(30)29-36-20-15-17-14-19(27(17,7)8)28(20,9)37-29/h10-12,17,19-21H,13-15H2,1-9H3/t17-,19-,20+,21?,28-/m0/s1. The van der Waals surface area contributed by atoms with E-state index in [0.29, 0.717) is 17.4 Å². The van der Waals surface area contributed by atoms with Gasteiger partial charge < -0.3 is 23.5 Å². The van der Waals surface area contributed by atoms with Crippen molar-refractivity contribution in [3.8, 4) is 5.75 Å². The number of alkyl halides is 1. The number of carbonyl (C=O) groups is 2. The zero-order valence-electron chi connectivity index (χ0n) is 23.5. The van der Waals surface area contributed by atoms with Gasteiger partial charge in [-0.05, 0) is 96.6 Å². The first-order valence-corrected chi connectivity index (χ1v) is 13.6. The number of ether oxygens (including phenoxy) is 3. The molecule has 37 heavy (non-hydrogen) atoms. The van der Waals surface area contributed by atoms with Crippen molar-refractivity contribution in [2.45, 2.75) is 110 Å². The molecule has 9 heteroatoms. The molecule has 1 aliphatic heterocycles. The van der Waals surface area contributed by atoms with Crippen LogP contribution in [0.4, 0.5) is 4.79 Å². The van der Waals surface area contributed by atoms with Gasteiger partial charge in [-0.15, -0.1) is 11.6 Å². The summed E-state index contributed by atoms with van der Waals surface area (Å²) in [5.74, 6) is 0.514. The van der Waals surface area contributed by atoms with Crippen molar-refractivity contribution in [1.82, 2.24) is 0 Å². The van der Waals surface area contributed by atoms with E-state index in [1.54, 1.807) is 59.7 Å². The third-order valence-electron chi connectivity index (χ3n) is 7.97. The van der Waals surface area contributed by atoms with Crippen molar-refractivity contribution in [2.75, 3.05) is 0 Å². The minimum absolute atomic E-state index is 0.00102. The molecule has 4 aliphatic rings. The fourth-order valence-electron chi connectivity index (χ4n) is 6.07. The molecule has 1 saturated heterocycles. The highest BCUT2D eigenvalue weighted by Crippen LogP contribution is 2.65. The van der Waals surface area contributed by atoms with Crippen molar-refractivity contribution >= 4 is 30.8 Å². The first-order valence-electron chi connectivity index (χ1n) is 13.1. The molecule has 0 N–H and O–H groups in total. The van der Waals surface area contributed by atoms with E-state index in [1.807, 2.05) is 0 Å². The van der Waals surface area contributed by atoms with E-state index in [2.05, 4.69) is 20.8 Å². The van der Waals surface area contributed by atoms with Crippen LogP contribution >= 0.6 is 11.6 Å². The van der Waals surface area contributed by atoms with Crippen LogP contribution in [0, 0.1) is 17.3 Å². The van der Waals surface area contributed by atoms with Crippen molar-refractivity contribution in [3.63, 3.8) is 0 Å². The molecule has 1 aromatic carbocycles. The van der Waals surface area contributed by atoms with Gasteiger partial charge in [-0.2, -0.15) is 0 Å². The number of halogens is 1. The molecule has 1 unspecified atom stereocenters. The third kappa shape index (κ3) is 5.67. The minimum Gasteiger partial charge on any atom is -0.456 e. The SMILES string of the molecule is CC(C)(C)OC(=O)Oc1c(CC(Cl)B2O[C@@H]3C[C@@H]4C[C@@H](C4(C)C)[C@]3(C)O2)cccc1C(=O)OC(C)(C)C. The highest BCUT2D eigenvalue weighted by Gasteiger charge is 2.68. The molecule has 204 valence electrons. The second-order valence-corrected chi connectivity index (χ2v) is 14.0. The lowest BCUT2D eigenvalue weighted by molar-refractivity contribution is -0.199. The Morgan fingerprint density at radius 1 is 1.08 bits per heavy atom. The quantitative estimate of drug-likeness (QED) is 0.188. The molecule has 3 saturated carbocycles. The number of carbonyl (C=O) groups excluding carboxylic acids is 2. The number of hydrogen-bond acceptors (Lipinski definition) is 7. The summed E-state index contributed by atoms with van der Waals surface area (Å²) in [6.07, 6.45) is 1.45. The molecule has 0 amide bonds.